The lowest BCUT2D eigenvalue weighted by Crippen LogP contribution is -2.18. The Morgan fingerprint density at radius 3 is 2.50 bits per heavy atom. The van der Waals surface area contributed by atoms with Crippen molar-refractivity contribution in [1.82, 2.24) is 0 Å². The molecule has 82 valence electrons. The van der Waals surface area contributed by atoms with E-state index in [0.717, 1.165) is 0 Å². The molecule has 0 saturated heterocycles. The van der Waals surface area contributed by atoms with E-state index < -0.39 is 0 Å². The van der Waals surface area contributed by atoms with Gasteiger partial charge < -0.3 is 15.5 Å². The molecule has 2 amide bonds. The SMILES string of the molecule is Nc1ccc(NC(=O)Nc2ccco2)cc1. The normalized spacial score (nSPS) is 9.75. The van der Waals surface area contributed by atoms with Gasteiger partial charge in [-0.2, -0.15) is 0 Å². The van der Waals surface area contributed by atoms with Gasteiger partial charge in [0.15, 0.2) is 0 Å². The Bertz CT molecular complexity index is 462. The standard InChI is InChI=1S/C11H11N3O2/c12-8-3-5-9(6-4-8)13-11(15)14-10-2-1-7-16-10/h1-7H,12H2,(H2,13,14,15). The second kappa shape index (κ2) is 4.39. The van der Waals surface area contributed by atoms with E-state index in [2.05, 4.69) is 10.6 Å². The number of furan rings is 1. The fraction of sp³-hybridized carbons (Fsp3) is 0. The molecule has 5 nitrogen and oxygen atoms in total. The number of amides is 2. The van der Waals surface area contributed by atoms with Crippen LogP contribution in [-0.4, -0.2) is 6.03 Å². The lowest BCUT2D eigenvalue weighted by molar-refractivity contribution is 0.261. The molecule has 0 saturated carbocycles. The number of anilines is 3. The molecule has 2 aromatic rings. The highest BCUT2D eigenvalue weighted by Crippen LogP contribution is 2.12. The minimum absolute atomic E-state index is 0.361. The highest BCUT2D eigenvalue weighted by molar-refractivity contribution is 5.98. The number of benzene rings is 1. The molecule has 5 heteroatoms. The van der Waals surface area contributed by atoms with Crippen LogP contribution in [0.5, 0.6) is 0 Å². The minimum atomic E-state index is -0.361. The van der Waals surface area contributed by atoms with E-state index in [4.69, 9.17) is 10.2 Å². The summed E-state index contributed by atoms with van der Waals surface area (Å²) in [6, 6.07) is 9.85. The molecular weight excluding hydrogens is 206 g/mol. The molecule has 0 aliphatic carbocycles. The predicted molar refractivity (Wildman–Crippen MR) is 62.2 cm³/mol. The zero-order valence-corrected chi connectivity index (χ0v) is 8.44. The monoisotopic (exact) mass is 217 g/mol. The molecule has 0 radical (unpaired) electrons. The highest BCUT2D eigenvalue weighted by Gasteiger charge is 2.03. The molecule has 0 atom stereocenters. The van der Waals surface area contributed by atoms with Crippen molar-refractivity contribution in [3.05, 3.63) is 42.7 Å². The smallest absolute Gasteiger partial charge is 0.326 e. The summed E-state index contributed by atoms with van der Waals surface area (Å²) >= 11 is 0. The Morgan fingerprint density at radius 2 is 1.88 bits per heavy atom. The topological polar surface area (TPSA) is 80.3 Å². The van der Waals surface area contributed by atoms with Gasteiger partial charge in [0, 0.05) is 17.4 Å². The average Bonchev–Trinajstić information content (AvgIpc) is 2.74. The first-order chi connectivity index (χ1) is 7.74. The first kappa shape index (κ1) is 10.1. The Hall–Kier alpha value is -2.43. The van der Waals surface area contributed by atoms with Crippen LogP contribution in [0.1, 0.15) is 0 Å². The summed E-state index contributed by atoms with van der Waals surface area (Å²) in [5.74, 6) is 0.396. The molecule has 0 aliphatic heterocycles. The van der Waals surface area contributed by atoms with E-state index in [1.54, 1.807) is 36.4 Å². The van der Waals surface area contributed by atoms with Crippen molar-refractivity contribution in [2.75, 3.05) is 16.4 Å². The second-order valence-electron chi connectivity index (χ2n) is 3.18. The first-order valence-electron chi connectivity index (χ1n) is 4.71. The summed E-state index contributed by atoms with van der Waals surface area (Å²) in [6.07, 6.45) is 1.48. The number of carbonyl (C=O) groups is 1. The number of urea groups is 1. The lowest BCUT2D eigenvalue weighted by Gasteiger charge is -2.05. The van der Waals surface area contributed by atoms with Crippen molar-refractivity contribution in [3.63, 3.8) is 0 Å². The fourth-order valence-corrected chi connectivity index (χ4v) is 1.19. The van der Waals surface area contributed by atoms with Crippen molar-refractivity contribution in [2.45, 2.75) is 0 Å². The van der Waals surface area contributed by atoms with Crippen molar-refractivity contribution in [3.8, 4) is 0 Å². The van der Waals surface area contributed by atoms with Crippen LogP contribution < -0.4 is 16.4 Å². The quantitative estimate of drug-likeness (QED) is 0.676. The molecule has 0 bridgehead atoms. The van der Waals surface area contributed by atoms with Gasteiger partial charge in [-0.15, -0.1) is 0 Å². The minimum Gasteiger partial charge on any atom is -0.449 e. The fourth-order valence-electron chi connectivity index (χ4n) is 1.19. The van der Waals surface area contributed by atoms with Gasteiger partial charge in [0.1, 0.15) is 0 Å². The molecule has 0 aliphatic rings. The molecule has 2 rings (SSSR count). The Kier molecular flexibility index (Phi) is 2.77. The van der Waals surface area contributed by atoms with E-state index in [1.165, 1.54) is 6.26 Å². The zero-order valence-electron chi connectivity index (χ0n) is 8.44. The number of rotatable bonds is 2. The van der Waals surface area contributed by atoms with Crippen molar-refractivity contribution < 1.29 is 9.21 Å². The van der Waals surface area contributed by atoms with Crippen LogP contribution in [0.15, 0.2) is 47.1 Å². The van der Waals surface area contributed by atoms with Crippen molar-refractivity contribution in [1.29, 1.82) is 0 Å². The van der Waals surface area contributed by atoms with E-state index >= 15 is 0 Å². The van der Waals surface area contributed by atoms with Gasteiger partial charge in [-0.1, -0.05) is 0 Å². The molecule has 1 aromatic heterocycles. The van der Waals surface area contributed by atoms with Gasteiger partial charge in [0.25, 0.3) is 0 Å². The molecular formula is C11H11N3O2. The van der Waals surface area contributed by atoms with Gasteiger partial charge >= 0.3 is 6.03 Å². The number of nitrogens with two attached hydrogens (primary N) is 1. The van der Waals surface area contributed by atoms with Crippen LogP contribution in [-0.2, 0) is 0 Å². The third kappa shape index (κ3) is 2.54. The molecule has 0 unspecified atom stereocenters. The summed E-state index contributed by atoms with van der Waals surface area (Å²) in [6.45, 7) is 0. The number of hydrogen-bond acceptors (Lipinski definition) is 3. The number of hydrogen-bond donors (Lipinski definition) is 3. The molecule has 0 fully saturated rings. The predicted octanol–water partition coefficient (Wildman–Crippen LogP) is 2.51. The van der Waals surface area contributed by atoms with Gasteiger partial charge in [-0.05, 0) is 30.3 Å². The average molecular weight is 217 g/mol. The summed E-state index contributed by atoms with van der Waals surface area (Å²) in [7, 11) is 0. The van der Waals surface area contributed by atoms with Crippen LogP contribution in [0.25, 0.3) is 0 Å². The van der Waals surface area contributed by atoms with Crippen molar-refractivity contribution >= 4 is 23.3 Å². The maximum absolute atomic E-state index is 11.5. The molecule has 1 aromatic carbocycles. The maximum Gasteiger partial charge on any atom is 0.326 e. The Morgan fingerprint density at radius 1 is 1.12 bits per heavy atom. The number of nitrogen functional groups attached to an aromatic ring is 1. The summed E-state index contributed by atoms with van der Waals surface area (Å²) in [5.41, 5.74) is 6.84. The third-order valence-corrected chi connectivity index (χ3v) is 1.93. The third-order valence-electron chi connectivity index (χ3n) is 1.93. The summed E-state index contributed by atoms with van der Waals surface area (Å²) < 4.78 is 4.97. The summed E-state index contributed by atoms with van der Waals surface area (Å²) in [4.78, 5) is 11.5. The molecule has 16 heavy (non-hydrogen) atoms. The van der Waals surface area contributed by atoms with Gasteiger partial charge in [-0.25, -0.2) is 4.79 Å². The second-order valence-corrected chi connectivity index (χ2v) is 3.18. The van der Waals surface area contributed by atoms with Crippen LogP contribution in [0.4, 0.5) is 22.1 Å². The number of carbonyl (C=O) groups excluding carboxylic acids is 1. The van der Waals surface area contributed by atoms with Gasteiger partial charge in [0.2, 0.25) is 5.88 Å². The van der Waals surface area contributed by atoms with Crippen LogP contribution in [0.3, 0.4) is 0 Å². The highest BCUT2D eigenvalue weighted by atomic mass is 16.3. The van der Waals surface area contributed by atoms with Crippen LogP contribution in [0, 0.1) is 0 Å². The molecule has 4 N–H and O–H groups in total. The zero-order chi connectivity index (χ0) is 11.4. The van der Waals surface area contributed by atoms with Crippen LogP contribution >= 0.6 is 0 Å². The van der Waals surface area contributed by atoms with E-state index in [-0.39, 0.29) is 6.03 Å². The van der Waals surface area contributed by atoms with E-state index in [0.29, 0.717) is 17.3 Å². The summed E-state index contributed by atoms with van der Waals surface area (Å²) in [5, 5.41) is 5.18. The van der Waals surface area contributed by atoms with Crippen LogP contribution in [0.2, 0.25) is 0 Å². The first-order valence-corrected chi connectivity index (χ1v) is 4.71. The van der Waals surface area contributed by atoms with Gasteiger partial charge in [-0.3, -0.25) is 5.32 Å². The maximum atomic E-state index is 11.5. The van der Waals surface area contributed by atoms with Gasteiger partial charge in [0.05, 0.1) is 6.26 Å². The number of nitrogens with one attached hydrogen (secondary N) is 2. The van der Waals surface area contributed by atoms with E-state index in [9.17, 15) is 4.79 Å². The Labute approximate surface area is 92.2 Å². The van der Waals surface area contributed by atoms with Crippen molar-refractivity contribution in [2.24, 2.45) is 0 Å². The lowest BCUT2D eigenvalue weighted by atomic mass is 10.3. The Balaban J connectivity index is 1.95. The molecule has 1 heterocycles. The molecule has 0 spiro atoms. The van der Waals surface area contributed by atoms with E-state index in [1.807, 2.05) is 0 Å². The largest absolute Gasteiger partial charge is 0.449 e.